The van der Waals surface area contributed by atoms with E-state index in [1.54, 1.807) is 25.7 Å². The van der Waals surface area contributed by atoms with Gasteiger partial charge in [0.2, 0.25) is 41.4 Å². The number of Topliss-reactive ketones (excluding diaryl/α,β-unsaturated/α-hetero) is 1. The Bertz CT molecular complexity index is 4300. The van der Waals surface area contributed by atoms with E-state index in [4.69, 9.17) is 43.4 Å². The second kappa shape index (κ2) is 41.5. The zero-order valence-corrected chi connectivity index (χ0v) is 66.6. The van der Waals surface area contributed by atoms with Crippen LogP contribution in [-0.2, 0) is 99.6 Å². The van der Waals surface area contributed by atoms with Crippen LogP contribution in [-0.4, -0.2) is 222 Å². The molecule has 4 fully saturated rings. The van der Waals surface area contributed by atoms with E-state index in [0.29, 0.717) is 30.6 Å². The lowest BCUT2D eigenvalue weighted by Crippen LogP contribution is -2.71. The first-order chi connectivity index (χ1) is 55.3. The molecule has 4 aliphatic carbocycles. The summed E-state index contributed by atoms with van der Waals surface area (Å²) in [5, 5.41) is 32.5. The Hall–Kier alpha value is -9.64. The van der Waals surface area contributed by atoms with Crippen LogP contribution in [0.25, 0.3) is 0 Å². The first-order valence-corrected chi connectivity index (χ1v) is 40.8. The first kappa shape index (κ1) is 90.3. The molecule has 3 aromatic carbocycles. The van der Waals surface area contributed by atoms with Crippen molar-refractivity contribution in [3.8, 4) is 11.8 Å². The number of carbonyl (C=O) groups excluding carboxylic acids is 11. The second-order valence-electron chi connectivity index (χ2n) is 30.3. The van der Waals surface area contributed by atoms with Gasteiger partial charge in [-0.15, -0.1) is 0 Å². The average molecular weight is 1640 g/mol. The predicted octanol–water partition coefficient (Wildman–Crippen LogP) is 4.27. The minimum atomic E-state index is -4.44. The minimum Gasteiger partial charge on any atom is -0.445 e. The van der Waals surface area contributed by atoms with Crippen molar-refractivity contribution in [1.82, 2.24) is 37.2 Å². The summed E-state index contributed by atoms with van der Waals surface area (Å²) >= 11 is 0. The lowest BCUT2D eigenvalue weighted by atomic mass is 9.44. The molecule has 0 spiro atoms. The number of nitrogens with two attached hydrogens (primary N) is 1. The fraction of sp³-hybridized carbons (Fsp3) is 0.568. The molecule has 9 rings (SSSR count). The van der Waals surface area contributed by atoms with Gasteiger partial charge in [-0.3, -0.25) is 47.7 Å². The zero-order chi connectivity index (χ0) is 84.0. The maximum Gasteiger partial charge on any atom is 0.407 e. The fourth-order valence-electron chi connectivity index (χ4n) is 16.2. The maximum atomic E-state index is 18.0. The van der Waals surface area contributed by atoms with E-state index in [1.165, 1.54) is 43.3 Å². The van der Waals surface area contributed by atoms with Gasteiger partial charge in [0.05, 0.1) is 89.6 Å². The number of carbonyl (C=O) groups is 11. The summed E-state index contributed by atoms with van der Waals surface area (Å²) in [6.07, 6.45) is -3.14. The van der Waals surface area contributed by atoms with Crippen molar-refractivity contribution < 1.29 is 113 Å². The van der Waals surface area contributed by atoms with E-state index >= 15 is 8.78 Å². The summed E-state index contributed by atoms with van der Waals surface area (Å²) in [4.78, 5) is 149. The molecule has 0 bridgehead atoms. The van der Waals surface area contributed by atoms with Gasteiger partial charge in [0, 0.05) is 78.9 Å². The number of hydrogen-bond acceptors (Lipinski definition) is 21. The first-order valence-electron chi connectivity index (χ1n) is 39.2. The van der Waals surface area contributed by atoms with Crippen LogP contribution < -0.4 is 53.2 Å². The molecule has 1 saturated heterocycles. The molecule has 3 saturated carbocycles. The van der Waals surface area contributed by atoms with Crippen LogP contribution in [0.2, 0.25) is 0 Å². The van der Waals surface area contributed by atoms with E-state index in [1.807, 2.05) is 55.5 Å². The molecule has 12 N–H and O–H groups in total. The van der Waals surface area contributed by atoms with Gasteiger partial charge >= 0.3 is 12.1 Å². The lowest BCUT2D eigenvalue weighted by molar-refractivity contribution is -0.233. The number of allylic oxidation sites excluding steroid dienone is 4. The summed E-state index contributed by atoms with van der Waals surface area (Å²) in [7, 11) is -4.44. The molecular formula is C81H106F2N10O22S. The number of nitrogens with zero attached hydrogens (tertiary/aromatic N) is 1. The number of para-hydroxylation sites is 1. The molecule has 10 amide bonds. The van der Waals surface area contributed by atoms with Crippen molar-refractivity contribution in [2.75, 3.05) is 95.0 Å². The number of ether oxygens (including phenoxy) is 7. The molecule has 116 heavy (non-hydrogen) atoms. The predicted molar refractivity (Wildman–Crippen MR) is 416 cm³/mol. The van der Waals surface area contributed by atoms with Gasteiger partial charge in [-0.1, -0.05) is 94.5 Å². The van der Waals surface area contributed by atoms with Gasteiger partial charge in [0.25, 0.3) is 10.1 Å². The van der Waals surface area contributed by atoms with Gasteiger partial charge in [0.1, 0.15) is 30.9 Å². The Kier molecular flexibility index (Phi) is 32.3. The number of aliphatic hydroxyl groups is 1. The highest BCUT2D eigenvalue weighted by atomic mass is 32.2. The van der Waals surface area contributed by atoms with Crippen molar-refractivity contribution in [3.05, 3.63) is 119 Å². The smallest absolute Gasteiger partial charge is 0.407 e. The Balaban J connectivity index is 0.696. The van der Waals surface area contributed by atoms with Gasteiger partial charge in [0.15, 0.2) is 29.1 Å². The normalized spacial score (nSPS) is 24.2. The molecule has 0 aromatic heterocycles. The van der Waals surface area contributed by atoms with E-state index < -0.39 is 171 Å². The molecule has 0 radical (unpaired) electrons. The van der Waals surface area contributed by atoms with Crippen molar-refractivity contribution in [3.63, 3.8) is 0 Å². The number of rotatable bonds is 43. The monoisotopic (exact) mass is 1640 g/mol. The molecule has 6 aliphatic rings. The number of hydrogen-bond donors (Lipinski definition) is 11. The third-order valence-corrected chi connectivity index (χ3v) is 22.8. The number of anilines is 2. The third kappa shape index (κ3) is 23.0. The second-order valence-corrected chi connectivity index (χ2v) is 31.9. The van der Waals surface area contributed by atoms with Gasteiger partial charge in [-0.2, -0.15) is 8.42 Å². The van der Waals surface area contributed by atoms with Crippen LogP contribution in [0.5, 0.6) is 0 Å². The molecular weight excluding hydrogens is 1540 g/mol. The van der Waals surface area contributed by atoms with E-state index in [0.717, 1.165) is 22.8 Å². The van der Waals surface area contributed by atoms with Crippen molar-refractivity contribution >= 4 is 86.5 Å². The SMILES string of the molecule is CCCC1O[C@@H]2C[C@H]3[C@@H]4C[C@H](F)C5=CC(=O)C=C[C@]5(C)[C@@]4(F)[C@@H](O)C[C@]3(C)[C@]2(C(=O)CNC(=O)OCc2ccc(NC(=O)[C@H](CCCNC(N)=O)NC(=O)[C@@H](NC(=O)[C@@H](CCC(=O)NCCS(=O)(=O)O)NC(=O)CCOCCOCCOCCOCCNC(=O)CCC(=O)N3Cc4ccccc4C#Cc4ccccc43)C(C)C)cc2)O1. The highest BCUT2D eigenvalue weighted by Gasteiger charge is 2.80. The van der Waals surface area contributed by atoms with Crippen LogP contribution >= 0.6 is 0 Å². The summed E-state index contributed by atoms with van der Waals surface area (Å²) in [5.74, 6) is -2.46. The lowest BCUT2D eigenvalue weighted by Gasteiger charge is -2.63. The van der Waals surface area contributed by atoms with E-state index in [2.05, 4.69) is 54.4 Å². The number of fused-ring (bicyclic) bond motifs is 9. The highest BCUT2D eigenvalue weighted by molar-refractivity contribution is 7.85. The molecule has 32 nitrogen and oxygen atoms in total. The summed E-state index contributed by atoms with van der Waals surface area (Å²) in [6.45, 7) is 8.62. The molecule has 1 unspecified atom stereocenters. The Morgan fingerprint density at radius 3 is 2.05 bits per heavy atom. The summed E-state index contributed by atoms with van der Waals surface area (Å²) in [6, 6.07) is 16.1. The van der Waals surface area contributed by atoms with Crippen LogP contribution in [0.3, 0.4) is 0 Å². The van der Waals surface area contributed by atoms with Gasteiger partial charge < -0.3 is 91.4 Å². The number of alkyl carbamates (subject to hydrolysis) is 1. The maximum absolute atomic E-state index is 18.0. The van der Waals surface area contributed by atoms with Crippen LogP contribution in [0.1, 0.15) is 134 Å². The van der Waals surface area contributed by atoms with Crippen molar-refractivity contribution in [2.24, 2.45) is 34.3 Å². The number of nitrogens with one attached hydrogen (secondary N) is 8. The standard InChI is InChI=1S/C81H106F2N10O22S/c1-6-12-71-114-66-45-57-58-44-60(82)59-43-56(94)28-30-78(59,4)80(58,83)64(95)46-79(57,5)81(66,115-71)65(96)47-88-77(105)113-49-51-18-22-55(23-19-51)89-73(101)61(16-11-31-87-76(84)104)91-75(103)72(50(2)3)92-74(102)62(24-25-67(97)86-33-42-116(106,107)108)90-69(99)29-34-109-36-38-111-40-41-112-39-37-110-35-32-85-68(98)26-27-70(100)93-48-54-15-8-7-13-52(54)20-21-53-14-9-10-17-63(53)93/h7-10,13-15,17-19,22-23,28,30,43,50,57-58,60-62,64,66,71-72,95H,6,11-12,16,24-27,29,31-42,44-49H2,1-5H3,(H,85,98)(H,86,97)(H,88,105)(H,89,101)(H,90,99)(H,91,103)(H,92,102)(H3,84,87,104)(H,106,107,108)/t57-,58-,60-,61-,62+,64-,66+,71?,72-,78-,79-,80-,81+/m0/s1. The quantitative estimate of drug-likeness (QED) is 0.0214. The number of urea groups is 1. The number of ketones is 2. The summed E-state index contributed by atoms with van der Waals surface area (Å²) < 4.78 is 107. The Morgan fingerprint density at radius 2 is 1.36 bits per heavy atom. The van der Waals surface area contributed by atoms with Crippen LogP contribution in [0, 0.1) is 40.4 Å². The molecule has 2 heterocycles. The average Bonchev–Trinajstić information content (AvgIpc) is 1.45. The Labute approximate surface area is 672 Å². The topological polar surface area (TPSA) is 452 Å². The van der Waals surface area contributed by atoms with Crippen molar-refractivity contribution in [2.45, 2.75) is 179 Å². The van der Waals surface area contributed by atoms with Crippen LogP contribution in [0.15, 0.2) is 96.6 Å². The van der Waals surface area contributed by atoms with Crippen molar-refractivity contribution in [1.29, 1.82) is 0 Å². The molecule has 3 aromatic rings. The van der Waals surface area contributed by atoms with E-state index in [-0.39, 0.29) is 153 Å². The number of aliphatic hydroxyl groups excluding tert-OH is 1. The summed E-state index contributed by atoms with van der Waals surface area (Å²) in [5.41, 5.74) is 1.87. The number of benzene rings is 3. The number of halogens is 2. The number of primary amides is 1. The fourth-order valence-corrected chi connectivity index (χ4v) is 16.5. The minimum absolute atomic E-state index is 0.000761. The largest absolute Gasteiger partial charge is 0.445 e. The number of alkyl halides is 2. The molecule has 13 atom stereocenters. The molecule has 2 aliphatic heterocycles. The third-order valence-electron chi connectivity index (χ3n) is 22.1. The molecule has 632 valence electrons. The van der Waals surface area contributed by atoms with Gasteiger partial charge in [-0.25, -0.2) is 18.4 Å². The van der Waals surface area contributed by atoms with Gasteiger partial charge in [-0.05, 0) is 123 Å². The van der Waals surface area contributed by atoms with E-state index in [9.17, 15) is 66.3 Å². The molecule has 35 heteroatoms. The zero-order valence-electron chi connectivity index (χ0n) is 65.8. The Morgan fingerprint density at radius 1 is 0.716 bits per heavy atom. The number of amides is 10. The highest BCUT2D eigenvalue weighted by Crippen LogP contribution is 2.72. The van der Waals surface area contributed by atoms with Crippen LogP contribution in [0.4, 0.5) is 29.7 Å².